The van der Waals surface area contributed by atoms with Crippen molar-refractivity contribution in [1.82, 2.24) is 4.31 Å². The molecule has 2 heterocycles. The second-order valence-electron chi connectivity index (χ2n) is 5.53. The third kappa shape index (κ3) is 2.07. The number of β-amino-alcohol motifs (C(OH)–C–C–N with tert-alkyl or cyclic N) is 1. The largest absolute Gasteiger partial charge is 0.477 e. The van der Waals surface area contributed by atoms with E-state index < -0.39 is 21.6 Å². The summed E-state index contributed by atoms with van der Waals surface area (Å²) in [5.41, 5.74) is -0.436. The molecule has 1 aliphatic carbocycles. The fourth-order valence-electron chi connectivity index (χ4n) is 2.53. The first kappa shape index (κ1) is 14.0. The first-order chi connectivity index (χ1) is 9.24. The van der Waals surface area contributed by atoms with Crippen molar-refractivity contribution in [2.75, 3.05) is 13.1 Å². The number of sulfonamides is 1. The fraction of sp³-hybridized carbons (Fsp3) is 0.583. The summed E-state index contributed by atoms with van der Waals surface area (Å²) in [5, 5.41) is 19.2. The number of carbonyl (C=O) groups is 1. The Balaban J connectivity index is 1.83. The summed E-state index contributed by atoms with van der Waals surface area (Å²) in [7, 11) is -3.69. The maximum atomic E-state index is 12.4. The second-order valence-corrected chi connectivity index (χ2v) is 8.75. The standard InChI is InChI=1S/C12H15NO5S2/c1-7-4-9(19-10(7)11(14)15)20(17,18)13-5-12(16,6-13)8-2-3-8/h4,8,16H,2-3,5-6H2,1H3,(H,14,15). The SMILES string of the molecule is Cc1cc(S(=O)(=O)N2CC(O)(C3CC3)C2)sc1C(=O)O. The zero-order valence-electron chi connectivity index (χ0n) is 10.9. The van der Waals surface area contributed by atoms with Gasteiger partial charge < -0.3 is 10.2 Å². The van der Waals surface area contributed by atoms with E-state index in [0.717, 1.165) is 24.2 Å². The Morgan fingerprint density at radius 1 is 1.45 bits per heavy atom. The number of aliphatic hydroxyl groups is 1. The summed E-state index contributed by atoms with van der Waals surface area (Å²) >= 11 is 0.765. The highest BCUT2D eigenvalue weighted by Crippen LogP contribution is 2.46. The molecule has 1 saturated carbocycles. The van der Waals surface area contributed by atoms with Crippen molar-refractivity contribution in [3.8, 4) is 0 Å². The van der Waals surface area contributed by atoms with Gasteiger partial charge in [-0.25, -0.2) is 13.2 Å². The molecule has 6 nitrogen and oxygen atoms in total. The zero-order valence-corrected chi connectivity index (χ0v) is 12.5. The van der Waals surface area contributed by atoms with E-state index in [0.29, 0.717) is 5.56 Å². The van der Waals surface area contributed by atoms with Crippen molar-refractivity contribution in [3.63, 3.8) is 0 Å². The van der Waals surface area contributed by atoms with Crippen molar-refractivity contribution >= 4 is 27.3 Å². The van der Waals surface area contributed by atoms with E-state index in [1.807, 2.05) is 0 Å². The molecule has 0 radical (unpaired) electrons. The van der Waals surface area contributed by atoms with Crippen LogP contribution in [0.15, 0.2) is 10.3 Å². The van der Waals surface area contributed by atoms with Crippen LogP contribution < -0.4 is 0 Å². The van der Waals surface area contributed by atoms with Gasteiger partial charge in [0.05, 0.1) is 5.60 Å². The van der Waals surface area contributed by atoms with Gasteiger partial charge in [0.15, 0.2) is 0 Å². The van der Waals surface area contributed by atoms with E-state index >= 15 is 0 Å². The summed E-state index contributed by atoms with van der Waals surface area (Å²) in [6.45, 7) is 1.80. The number of carboxylic acids is 1. The Labute approximate surface area is 120 Å². The molecule has 0 bridgehead atoms. The van der Waals surface area contributed by atoms with E-state index in [-0.39, 0.29) is 28.1 Å². The summed E-state index contributed by atoms with van der Waals surface area (Å²) in [5.74, 6) is -0.902. The normalized spacial score (nSPS) is 22.5. The molecule has 0 atom stereocenters. The van der Waals surface area contributed by atoms with Crippen LogP contribution in [-0.2, 0) is 10.0 Å². The Bertz CT molecular complexity index is 668. The number of carboxylic acid groups (broad SMARTS) is 1. The Morgan fingerprint density at radius 3 is 2.50 bits per heavy atom. The lowest BCUT2D eigenvalue weighted by Crippen LogP contribution is -2.64. The summed E-state index contributed by atoms with van der Waals surface area (Å²) in [6, 6.07) is 1.39. The fourth-order valence-corrected chi connectivity index (χ4v) is 5.63. The highest BCUT2D eigenvalue weighted by atomic mass is 32.2. The summed E-state index contributed by atoms with van der Waals surface area (Å²) in [6.07, 6.45) is 1.90. The van der Waals surface area contributed by atoms with E-state index in [4.69, 9.17) is 5.11 Å². The molecular weight excluding hydrogens is 302 g/mol. The molecule has 20 heavy (non-hydrogen) atoms. The van der Waals surface area contributed by atoms with E-state index in [2.05, 4.69) is 0 Å². The van der Waals surface area contributed by atoms with Crippen molar-refractivity contribution in [2.24, 2.45) is 5.92 Å². The molecule has 1 aliphatic heterocycles. The van der Waals surface area contributed by atoms with Crippen LogP contribution >= 0.6 is 11.3 Å². The number of thiophene rings is 1. The number of aryl methyl sites for hydroxylation is 1. The zero-order chi connectivity index (χ0) is 14.7. The van der Waals surface area contributed by atoms with Gasteiger partial charge in [0.2, 0.25) is 0 Å². The molecule has 0 spiro atoms. The highest BCUT2D eigenvalue weighted by molar-refractivity contribution is 7.91. The molecule has 1 aromatic heterocycles. The quantitative estimate of drug-likeness (QED) is 0.860. The minimum Gasteiger partial charge on any atom is -0.477 e. The van der Waals surface area contributed by atoms with Gasteiger partial charge in [0.25, 0.3) is 10.0 Å². The molecule has 2 N–H and O–H groups in total. The molecule has 2 fully saturated rings. The van der Waals surface area contributed by atoms with Crippen LogP contribution in [0.4, 0.5) is 0 Å². The summed E-state index contributed by atoms with van der Waals surface area (Å²) < 4.78 is 26.0. The Kier molecular flexibility index (Phi) is 2.99. The molecule has 3 rings (SSSR count). The van der Waals surface area contributed by atoms with E-state index in [1.165, 1.54) is 10.4 Å². The van der Waals surface area contributed by atoms with E-state index in [1.54, 1.807) is 6.92 Å². The number of hydrogen-bond acceptors (Lipinski definition) is 5. The minimum absolute atomic E-state index is 0.0326. The van der Waals surface area contributed by atoms with Crippen molar-refractivity contribution in [1.29, 1.82) is 0 Å². The van der Waals surface area contributed by atoms with Gasteiger partial charge in [-0.3, -0.25) is 0 Å². The van der Waals surface area contributed by atoms with Crippen LogP contribution in [0.1, 0.15) is 28.1 Å². The van der Waals surface area contributed by atoms with Gasteiger partial charge in [-0.2, -0.15) is 4.31 Å². The summed E-state index contributed by atoms with van der Waals surface area (Å²) in [4.78, 5) is 11.0. The Morgan fingerprint density at radius 2 is 2.05 bits per heavy atom. The number of nitrogens with zero attached hydrogens (tertiary/aromatic N) is 1. The highest BCUT2D eigenvalue weighted by Gasteiger charge is 2.55. The molecule has 1 aromatic rings. The lowest BCUT2D eigenvalue weighted by Gasteiger charge is -2.45. The molecule has 0 unspecified atom stereocenters. The lowest BCUT2D eigenvalue weighted by atomic mass is 9.91. The third-order valence-corrected chi connectivity index (χ3v) is 7.39. The van der Waals surface area contributed by atoms with Gasteiger partial charge in [0.1, 0.15) is 9.09 Å². The third-order valence-electron chi connectivity index (χ3n) is 3.92. The molecule has 1 saturated heterocycles. The monoisotopic (exact) mass is 317 g/mol. The van der Waals surface area contributed by atoms with Crippen LogP contribution in [0.2, 0.25) is 0 Å². The maximum absolute atomic E-state index is 12.4. The van der Waals surface area contributed by atoms with Gasteiger partial charge in [-0.1, -0.05) is 0 Å². The van der Waals surface area contributed by atoms with Crippen molar-refractivity contribution in [2.45, 2.75) is 29.6 Å². The van der Waals surface area contributed by atoms with E-state index in [9.17, 15) is 18.3 Å². The van der Waals surface area contributed by atoms with Crippen LogP contribution in [0, 0.1) is 12.8 Å². The predicted octanol–water partition coefficient (Wildman–Crippen LogP) is 0.900. The average molecular weight is 317 g/mol. The van der Waals surface area contributed by atoms with Crippen molar-refractivity contribution in [3.05, 3.63) is 16.5 Å². The van der Waals surface area contributed by atoms with Crippen LogP contribution in [0.25, 0.3) is 0 Å². The molecule has 8 heteroatoms. The van der Waals surface area contributed by atoms with Crippen molar-refractivity contribution < 1.29 is 23.4 Å². The molecule has 2 aliphatic rings. The van der Waals surface area contributed by atoms with Gasteiger partial charge in [-0.05, 0) is 37.3 Å². The molecule has 0 amide bonds. The average Bonchev–Trinajstić information content (AvgIpc) is 3.07. The molecular formula is C12H15NO5S2. The number of aromatic carboxylic acids is 1. The van der Waals surface area contributed by atoms with Crippen LogP contribution in [-0.4, -0.2) is 47.6 Å². The topological polar surface area (TPSA) is 94.9 Å². The number of rotatable bonds is 4. The first-order valence-electron chi connectivity index (χ1n) is 6.30. The maximum Gasteiger partial charge on any atom is 0.346 e. The lowest BCUT2D eigenvalue weighted by molar-refractivity contribution is -0.0764. The molecule has 110 valence electrons. The number of hydrogen-bond donors (Lipinski definition) is 2. The minimum atomic E-state index is -3.69. The Hall–Kier alpha value is -0.960. The predicted molar refractivity (Wildman–Crippen MR) is 72.4 cm³/mol. The van der Waals surface area contributed by atoms with Crippen LogP contribution in [0.3, 0.4) is 0 Å². The van der Waals surface area contributed by atoms with Crippen LogP contribution in [0.5, 0.6) is 0 Å². The smallest absolute Gasteiger partial charge is 0.346 e. The molecule has 0 aromatic carbocycles. The first-order valence-corrected chi connectivity index (χ1v) is 8.56. The van der Waals surface area contributed by atoms with Gasteiger partial charge >= 0.3 is 5.97 Å². The second kappa shape index (κ2) is 4.27. The van der Waals surface area contributed by atoms with Gasteiger partial charge in [-0.15, -0.1) is 11.3 Å². The van der Waals surface area contributed by atoms with Gasteiger partial charge in [0, 0.05) is 13.1 Å².